The monoisotopic (exact) mass is 2340 g/mol. The van der Waals surface area contributed by atoms with Crippen LogP contribution < -0.4 is 0 Å². The summed E-state index contributed by atoms with van der Waals surface area (Å²) in [5.74, 6) is 0. The Hall–Kier alpha value is -13.5. The molecule has 0 heterocycles. The molecule has 0 amide bonds. The molecule has 0 aromatic heterocycles. The Balaban J connectivity index is 0.0000000983. The van der Waals surface area contributed by atoms with Crippen molar-refractivity contribution in [2.45, 2.75) is 5.41 Å². The molecule has 3 heteroatoms. The van der Waals surface area contributed by atoms with E-state index in [2.05, 4.69) is 388 Å². The average Bonchev–Trinajstić information content (AvgIpc) is 1.51. The standard InChI is InChI=1S/C25H16.C20H12.3C16H10.3C12H8.3U/c1-5-13-21-17(9-1)18-10-2-6-14-22(18)25(21)23-15-7-3-11-19(23)20-12-4-8-16-24(20)25;1-5-13-6-2-11-17-18-12-4-8-14-7-3-10-16(20(14)18)15(9-1)19(13)17;3*1-3-11-7-9-13-5-2-6-14-10-8-12(4-1)15(11)16(13)14;3*1-3-7-11(8-4-1)12-9-5-2-6-10-12;;;/h1-16H;1-12H;3*1-10H;3*1-7,9H;;;/q;;;;;3*-2;3*+2. The Kier molecular flexibility index (Phi) is 26.4. The van der Waals surface area contributed by atoms with Crippen molar-refractivity contribution in [1.82, 2.24) is 0 Å². The zero-order chi connectivity index (χ0) is 85.8. The number of benzene rings is 27. The summed E-state index contributed by atoms with van der Waals surface area (Å²) in [6, 6.07) is 194. The minimum absolute atomic E-state index is 0. The molecular weight excluding hydrogens is 2260 g/mol. The summed E-state index contributed by atoms with van der Waals surface area (Å²) in [5, 5.41) is 35.3. The summed E-state index contributed by atoms with van der Waals surface area (Å²) in [5.41, 5.74) is 17.5. The van der Waals surface area contributed by atoms with E-state index in [1.807, 2.05) is 146 Å². The summed E-state index contributed by atoms with van der Waals surface area (Å²) in [6.45, 7) is 0. The van der Waals surface area contributed by atoms with Gasteiger partial charge in [0.05, 0.1) is 5.41 Å². The SMILES string of the molecule is [U+2].[U+2].[U+2].[c-]1ccccc1-c1[c-]cccc1.[c-]1ccccc1-c1[c-]cccc1.[c-]1ccccc1-c1[c-]cccc1.c1cc2ccc3cccc4ccc(c1)c2c34.c1cc2ccc3cccc4ccc(c1)c2c34.c1cc2ccc3cccc4ccc(c1)c2c34.c1cc2cccc3c4cccc5cccc(c(c1)c23)c54.c1ccc2c(c1)-c1ccccc1C21c2ccccc2-c2ccccc21. The van der Waals surface area contributed by atoms with E-state index in [1.165, 1.54) is 185 Å². The smallest absolute Gasteiger partial charge is 0.226 e. The topological polar surface area (TPSA) is 0 Å². The van der Waals surface area contributed by atoms with Crippen molar-refractivity contribution in [3.8, 4) is 55.6 Å². The average molecular weight is 2350 g/mol. The van der Waals surface area contributed by atoms with E-state index in [1.54, 1.807) is 0 Å². The second-order valence-corrected chi connectivity index (χ2v) is 32.9. The van der Waals surface area contributed by atoms with Gasteiger partial charge in [0.2, 0.25) is 0 Å². The van der Waals surface area contributed by atoms with Gasteiger partial charge in [-0.05, 0) is 185 Å². The molecule has 132 heavy (non-hydrogen) atoms. The summed E-state index contributed by atoms with van der Waals surface area (Å²) >= 11 is 0. The fourth-order valence-electron chi connectivity index (χ4n) is 20.0. The normalized spacial score (nSPS) is 11.5. The summed E-state index contributed by atoms with van der Waals surface area (Å²) < 4.78 is 0. The van der Waals surface area contributed by atoms with Crippen LogP contribution in [0.4, 0.5) is 0 Å². The van der Waals surface area contributed by atoms with Crippen molar-refractivity contribution < 1.29 is 93.3 Å². The van der Waals surface area contributed by atoms with E-state index in [9.17, 15) is 0 Å². The quantitative estimate of drug-likeness (QED) is 0.0940. The van der Waals surface area contributed by atoms with Gasteiger partial charge in [0.1, 0.15) is 0 Å². The van der Waals surface area contributed by atoms with Gasteiger partial charge in [-0.15, -0.1) is 36.4 Å². The zero-order valence-corrected chi connectivity index (χ0v) is 84.8. The molecule has 2 aliphatic rings. The number of rotatable bonds is 3. The molecule has 2 aliphatic carbocycles. The molecule has 29 rings (SSSR count). The molecular formula is C129H82U3. The fraction of sp³-hybridized carbons (Fsp3) is 0.00775. The third-order valence-electron chi connectivity index (χ3n) is 25.6. The second kappa shape index (κ2) is 39.7. The minimum atomic E-state index is -0.180. The first kappa shape index (κ1) is 87.8. The van der Waals surface area contributed by atoms with Crippen LogP contribution in [0.15, 0.2) is 497 Å². The third kappa shape index (κ3) is 16.8. The van der Waals surface area contributed by atoms with Crippen LogP contribution in [0.2, 0.25) is 0 Å². The summed E-state index contributed by atoms with van der Waals surface area (Å²) in [4.78, 5) is 0. The van der Waals surface area contributed by atoms with Gasteiger partial charge in [-0.1, -0.05) is 352 Å². The van der Waals surface area contributed by atoms with Crippen LogP contribution in [0.25, 0.3) is 196 Å². The summed E-state index contributed by atoms with van der Waals surface area (Å²) in [7, 11) is 0. The van der Waals surface area contributed by atoms with Crippen molar-refractivity contribution in [1.29, 1.82) is 0 Å². The van der Waals surface area contributed by atoms with Gasteiger partial charge in [-0.25, -0.2) is 33.4 Å². The Bertz CT molecular complexity index is 7230. The van der Waals surface area contributed by atoms with Crippen molar-refractivity contribution in [3.05, 3.63) is 556 Å². The molecule has 0 unspecified atom stereocenters. The minimum Gasteiger partial charge on any atom is -0.226 e. The first-order valence-corrected chi connectivity index (χ1v) is 44.2. The molecule has 0 saturated heterocycles. The van der Waals surface area contributed by atoms with E-state index < -0.39 is 0 Å². The van der Waals surface area contributed by atoms with Crippen molar-refractivity contribution in [3.63, 3.8) is 0 Å². The Morgan fingerprint density at radius 3 is 0.424 bits per heavy atom. The maximum absolute atomic E-state index is 3.15. The van der Waals surface area contributed by atoms with E-state index in [0.717, 1.165) is 33.4 Å². The fourth-order valence-corrected chi connectivity index (χ4v) is 20.0. The number of fused-ring (bicyclic) bond motifs is 12. The molecule has 0 bridgehead atoms. The molecule has 0 nitrogen and oxygen atoms in total. The molecule has 0 saturated carbocycles. The summed E-state index contributed by atoms with van der Waals surface area (Å²) in [6.07, 6.45) is 0. The Morgan fingerprint density at radius 2 is 0.265 bits per heavy atom. The second-order valence-electron chi connectivity index (χ2n) is 32.9. The molecule has 0 N–H and O–H groups in total. The predicted octanol–water partition coefficient (Wildman–Crippen LogP) is 34.4. The molecule has 0 aliphatic heterocycles. The zero-order valence-electron chi connectivity index (χ0n) is 72.3. The Labute approximate surface area is 841 Å². The van der Waals surface area contributed by atoms with Crippen LogP contribution in [0.3, 0.4) is 0 Å². The number of hydrogen-bond donors (Lipinski definition) is 0. The van der Waals surface area contributed by atoms with Crippen LogP contribution in [0, 0.1) is 130 Å². The maximum atomic E-state index is 3.15. The Morgan fingerprint density at radius 1 is 0.121 bits per heavy atom. The molecule has 27 aromatic carbocycles. The van der Waals surface area contributed by atoms with Crippen LogP contribution in [0.1, 0.15) is 22.3 Å². The van der Waals surface area contributed by atoms with Gasteiger partial charge in [-0.2, -0.15) is 146 Å². The first-order valence-electron chi connectivity index (χ1n) is 44.2. The molecule has 610 valence electrons. The van der Waals surface area contributed by atoms with Crippen molar-refractivity contribution >= 4 is 140 Å². The maximum Gasteiger partial charge on any atom is 2.00 e. The van der Waals surface area contributed by atoms with E-state index in [-0.39, 0.29) is 98.8 Å². The molecule has 0 fully saturated rings. The first-order chi connectivity index (χ1) is 64.1. The van der Waals surface area contributed by atoms with Gasteiger partial charge in [0.15, 0.2) is 0 Å². The number of hydrogen-bond acceptors (Lipinski definition) is 0. The largest absolute Gasteiger partial charge is 2.00 e. The molecule has 0 radical (unpaired) electrons. The van der Waals surface area contributed by atoms with Crippen LogP contribution in [0.5, 0.6) is 0 Å². The van der Waals surface area contributed by atoms with Gasteiger partial charge in [0, 0.05) is 0 Å². The van der Waals surface area contributed by atoms with E-state index in [0.29, 0.717) is 0 Å². The molecule has 0 atom stereocenters. The van der Waals surface area contributed by atoms with Gasteiger partial charge in [-0.3, -0.25) is 0 Å². The third-order valence-corrected chi connectivity index (χ3v) is 25.6. The van der Waals surface area contributed by atoms with Crippen LogP contribution in [-0.2, 0) is 5.41 Å². The van der Waals surface area contributed by atoms with Crippen molar-refractivity contribution in [2.75, 3.05) is 0 Å². The van der Waals surface area contributed by atoms with Crippen LogP contribution >= 0.6 is 0 Å². The van der Waals surface area contributed by atoms with Gasteiger partial charge >= 0.3 is 93.3 Å². The van der Waals surface area contributed by atoms with Crippen molar-refractivity contribution in [2.24, 2.45) is 0 Å². The van der Waals surface area contributed by atoms with E-state index in [4.69, 9.17) is 0 Å². The van der Waals surface area contributed by atoms with Crippen LogP contribution in [-0.4, -0.2) is 0 Å². The van der Waals surface area contributed by atoms with E-state index >= 15 is 0 Å². The predicted molar refractivity (Wildman–Crippen MR) is 549 cm³/mol. The molecule has 27 aromatic rings. The molecule has 1 spiro atoms. The van der Waals surface area contributed by atoms with Gasteiger partial charge < -0.3 is 0 Å². The van der Waals surface area contributed by atoms with Gasteiger partial charge in [0.25, 0.3) is 0 Å².